The third kappa shape index (κ3) is 1.77. The van der Waals surface area contributed by atoms with E-state index in [2.05, 4.69) is 4.98 Å². The Morgan fingerprint density at radius 2 is 2.17 bits per heavy atom. The molecule has 0 bridgehead atoms. The van der Waals surface area contributed by atoms with E-state index in [1.54, 1.807) is 12.1 Å². The first-order valence-electron chi connectivity index (χ1n) is 5.85. The molecule has 1 saturated carbocycles. The summed E-state index contributed by atoms with van der Waals surface area (Å²) in [4.78, 5) is 4.49. The SMILES string of the molecule is Cn1c(C2CC2)nc(-c2ccc(Cl)cc2F)c1N. The van der Waals surface area contributed by atoms with Crippen LogP contribution in [0.25, 0.3) is 11.3 Å². The van der Waals surface area contributed by atoms with Gasteiger partial charge in [0, 0.05) is 23.6 Å². The summed E-state index contributed by atoms with van der Waals surface area (Å²) < 4.78 is 15.7. The normalized spacial score (nSPS) is 15.1. The van der Waals surface area contributed by atoms with Gasteiger partial charge in [0.25, 0.3) is 0 Å². The Hall–Kier alpha value is -1.55. The van der Waals surface area contributed by atoms with Crippen LogP contribution in [0.4, 0.5) is 10.2 Å². The number of benzene rings is 1. The van der Waals surface area contributed by atoms with E-state index in [4.69, 9.17) is 17.3 Å². The fourth-order valence-electron chi connectivity index (χ4n) is 2.12. The van der Waals surface area contributed by atoms with Gasteiger partial charge in [0.05, 0.1) is 0 Å². The third-order valence-corrected chi connectivity index (χ3v) is 3.54. The van der Waals surface area contributed by atoms with Crippen molar-refractivity contribution in [2.75, 3.05) is 5.73 Å². The topological polar surface area (TPSA) is 43.8 Å². The van der Waals surface area contributed by atoms with E-state index in [0.717, 1.165) is 18.7 Å². The zero-order valence-corrected chi connectivity index (χ0v) is 10.7. The molecule has 0 spiro atoms. The van der Waals surface area contributed by atoms with Gasteiger partial charge < -0.3 is 10.3 Å². The molecule has 0 amide bonds. The van der Waals surface area contributed by atoms with Gasteiger partial charge >= 0.3 is 0 Å². The van der Waals surface area contributed by atoms with E-state index in [0.29, 0.717) is 28.0 Å². The lowest BCUT2D eigenvalue weighted by Crippen LogP contribution is -2.00. The lowest BCUT2D eigenvalue weighted by molar-refractivity contribution is 0.631. The molecule has 1 aliphatic rings. The first-order valence-corrected chi connectivity index (χ1v) is 6.23. The Morgan fingerprint density at radius 1 is 1.44 bits per heavy atom. The number of hydrogen-bond donors (Lipinski definition) is 1. The number of halogens is 2. The monoisotopic (exact) mass is 265 g/mol. The van der Waals surface area contributed by atoms with Crippen molar-refractivity contribution < 1.29 is 4.39 Å². The maximum atomic E-state index is 13.9. The van der Waals surface area contributed by atoms with Gasteiger partial charge in [-0.2, -0.15) is 0 Å². The van der Waals surface area contributed by atoms with Crippen LogP contribution in [0.1, 0.15) is 24.6 Å². The van der Waals surface area contributed by atoms with Crippen molar-refractivity contribution in [1.82, 2.24) is 9.55 Å². The van der Waals surface area contributed by atoms with E-state index in [9.17, 15) is 4.39 Å². The molecule has 18 heavy (non-hydrogen) atoms. The van der Waals surface area contributed by atoms with Crippen LogP contribution < -0.4 is 5.73 Å². The zero-order valence-electron chi connectivity index (χ0n) is 9.95. The molecule has 1 aliphatic carbocycles. The fourth-order valence-corrected chi connectivity index (χ4v) is 2.27. The van der Waals surface area contributed by atoms with Gasteiger partial charge in [-0.25, -0.2) is 9.37 Å². The van der Waals surface area contributed by atoms with Crippen LogP contribution in [-0.4, -0.2) is 9.55 Å². The average molecular weight is 266 g/mol. The van der Waals surface area contributed by atoms with Gasteiger partial charge in [0.1, 0.15) is 23.2 Å². The molecule has 0 aliphatic heterocycles. The van der Waals surface area contributed by atoms with Crippen LogP contribution >= 0.6 is 11.6 Å². The molecule has 1 aromatic heterocycles. The summed E-state index contributed by atoms with van der Waals surface area (Å²) in [5.41, 5.74) is 6.92. The summed E-state index contributed by atoms with van der Waals surface area (Å²) in [6, 6.07) is 4.54. The Morgan fingerprint density at radius 3 is 2.78 bits per heavy atom. The van der Waals surface area contributed by atoms with E-state index >= 15 is 0 Å². The van der Waals surface area contributed by atoms with Crippen LogP contribution in [0, 0.1) is 5.82 Å². The highest BCUT2D eigenvalue weighted by Crippen LogP contribution is 2.42. The fraction of sp³-hybridized carbons (Fsp3) is 0.308. The van der Waals surface area contributed by atoms with Crippen LogP contribution in [-0.2, 0) is 7.05 Å². The minimum atomic E-state index is -0.394. The van der Waals surface area contributed by atoms with Crippen molar-refractivity contribution in [3.63, 3.8) is 0 Å². The second-order valence-electron chi connectivity index (χ2n) is 4.66. The van der Waals surface area contributed by atoms with Crippen molar-refractivity contribution in [2.24, 2.45) is 7.05 Å². The second kappa shape index (κ2) is 3.99. The highest BCUT2D eigenvalue weighted by atomic mass is 35.5. The number of nitrogens with zero attached hydrogens (tertiary/aromatic N) is 2. The first-order chi connectivity index (χ1) is 8.58. The predicted molar refractivity (Wildman–Crippen MR) is 70.0 cm³/mol. The number of rotatable bonds is 2. The molecule has 2 aromatic rings. The summed E-state index contributed by atoms with van der Waals surface area (Å²) in [6.07, 6.45) is 2.26. The molecule has 0 radical (unpaired) electrons. The third-order valence-electron chi connectivity index (χ3n) is 3.30. The number of anilines is 1. The minimum Gasteiger partial charge on any atom is -0.383 e. The van der Waals surface area contributed by atoms with Crippen molar-refractivity contribution in [3.05, 3.63) is 34.9 Å². The summed E-state index contributed by atoms with van der Waals surface area (Å²) in [7, 11) is 1.87. The van der Waals surface area contributed by atoms with Gasteiger partial charge in [-0.3, -0.25) is 0 Å². The number of hydrogen-bond acceptors (Lipinski definition) is 2. The Bertz CT molecular complexity index is 617. The molecular weight excluding hydrogens is 253 g/mol. The van der Waals surface area contributed by atoms with E-state index in [-0.39, 0.29) is 0 Å². The van der Waals surface area contributed by atoms with Crippen molar-refractivity contribution in [1.29, 1.82) is 0 Å². The summed E-state index contributed by atoms with van der Waals surface area (Å²) in [6.45, 7) is 0. The van der Waals surface area contributed by atoms with Crippen LogP contribution in [0.5, 0.6) is 0 Å². The summed E-state index contributed by atoms with van der Waals surface area (Å²) >= 11 is 5.74. The Balaban J connectivity index is 2.13. The highest BCUT2D eigenvalue weighted by Gasteiger charge is 2.30. The molecule has 1 aromatic carbocycles. The molecule has 2 N–H and O–H groups in total. The molecule has 0 atom stereocenters. The molecule has 0 saturated heterocycles. The Kier molecular flexibility index (Phi) is 2.55. The van der Waals surface area contributed by atoms with Gasteiger partial charge in [0.2, 0.25) is 0 Å². The Labute approximate surface area is 109 Å². The van der Waals surface area contributed by atoms with Crippen LogP contribution in [0.3, 0.4) is 0 Å². The molecular formula is C13H13ClFN3. The van der Waals surface area contributed by atoms with Crippen molar-refractivity contribution in [3.8, 4) is 11.3 Å². The molecule has 5 heteroatoms. The first kappa shape index (κ1) is 11.5. The maximum Gasteiger partial charge on any atom is 0.134 e. The van der Waals surface area contributed by atoms with Gasteiger partial charge in [-0.05, 0) is 31.0 Å². The highest BCUT2D eigenvalue weighted by molar-refractivity contribution is 6.30. The van der Waals surface area contributed by atoms with Crippen molar-refractivity contribution >= 4 is 17.4 Å². The minimum absolute atomic E-state index is 0.369. The molecule has 0 unspecified atom stereocenters. The number of nitrogen functional groups attached to an aromatic ring is 1. The van der Waals surface area contributed by atoms with Gasteiger partial charge in [0.15, 0.2) is 0 Å². The average Bonchev–Trinajstić information content (AvgIpc) is 3.11. The van der Waals surface area contributed by atoms with E-state index in [1.807, 2.05) is 11.6 Å². The van der Waals surface area contributed by atoms with Crippen molar-refractivity contribution in [2.45, 2.75) is 18.8 Å². The number of aromatic nitrogens is 2. The molecule has 3 rings (SSSR count). The van der Waals surface area contributed by atoms with Gasteiger partial charge in [-0.15, -0.1) is 0 Å². The van der Waals surface area contributed by atoms with E-state index < -0.39 is 5.82 Å². The van der Waals surface area contributed by atoms with Crippen LogP contribution in [0.2, 0.25) is 5.02 Å². The molecule has 3 nitrogen and oxygen atoms in total. The molecule has 1 heterocycles. The van der Waals surface area contributed by atoms with Gasteiger partial charge in [-0.1, -0.05) is 11.6 Å². The van der Waals surface area contributed by atoms with Crippen LogP contribution in [0.15, 0.2) is 18.2 Å². The molecule has 1 fully saturated rings. The van der Waals surface area contributed by atoms with E-state index in [1.165, 1.54) is 6.07 Å². The zero-order chi connectivity index (χ0) is 12.9. The second-order valence-corrected chi connectivity index (χ2v) is 5.10. The smallest absolute Gasteiger partial charge is 0.134 e. The standard InChI is InChI=1S/C13H13ClFN3/c1-18-12(16)11(17-13(18)7-2-3-7)9-5-4-8(14)6-10(9)15/h4-7H,2-3,16H2,1H3. The lowest BCUT2D eigenvalue weighted by Gasteiger charge is -2.02. The quantitative estimate of drug-likeness (QED) is 0.905. The summed E-state index contributed by atoms with van der Waals surface area (Å²) in [5.74, 6) is 1.52. The largest absolute Gasteiger partial charge is 0.383 e. The molecule has 94 valence electrons. The number of imidazole rings is 1. The maximum absolute atomic E-state index is 13.9. The number of nitrogens with two attached hydrogens (primary N) is 1. The summed E-state index contributed by atoms with van der Waals surface area (Å²) in [5, 5.41) is 0.369. The predicted octanol–water partition coefficient (Wildman–Crippen LogP) is 3.34. The lowest BCUT2D eigenvalue weighted by atomic mass is 10.1.